The van der Waals surface area contributed by atoms with Crippen molar-refractivity contribution in [3.05, 3.63) is 0 Å². The Bertz CT molecular complexity index is 159. The lowest BCUT2D eigenvalue weighted by molar-refractivity contribution is -0.132. The lowest BCUT2D eigenvalue weighted by atomic mass is 9.87. The number of hydrogen-bond acceptors (Lipinski definition) is 2. The number of alkyl halides is 1. The van der Waals surface area contributed by atoms with Crippen LogP contribution in [0.5, 0.6) is 0 Å². The van der Waals surface area contributed by atoms with Crippen LogP contribution in [0.4, 0.5) is 0 Å². The largest absolute Gasteiger partial charge is 0.296 e. The molecule has 0 spiro atoms. The molecule has 0 saturated carbocycles. The molecule has 0 radical (unpaired) electrons. The maximum absolute atomic E-state index is 11.2. The van der Waals surface area contributed by atoms with Gasteiger partial charge in [0, 0.05) is 19.0 Å². The minimum Gasteiger partial charge on any atom is -0.296 e. The van der Waals surface area contributed by atoms with Gasteiger partial charge in [-0.15, -0.1) is 0 Å². The Morgan fingerprint density at radius 3 is 2.30 bits per heavy atom. The maximum atomic E-state index is 11.2. The minimum atomic E-state index is -0.299. The van der Waals surface area contributed by atoms with Crippen molar-refractivity contribution in [2.75, 3.05) is 13.1 Å². The number of nitrogens with zero attached hydrogens (tertiary/aromatic N) is 1. The van der Waals surface area contributed by atoms with Gasteiger partial charge in [-0.3, -0.25) is 9.69 Å². The average Bonchev–Trinajstić information content (AvgIpc) is 2.00. The number of rotatable bonds is 0. The van der Waals surface area contributed by atoms with Crippen LogP contribution in [0.3, 0.4) is 0 Å². The summed E-state index contributed by atoms with van der Waals surface area (Å²) in [6, 6.07) is 0. The van der Waals surface area contributed by atoms with E-state index in [-0.39, 0.29) is 17.2 Å². The summed E-state index contributed by atoms with van der Waals surface area (Å²) in [7, 11) is 0. The molecule has 10 heavy (non-hydrogen) atoms. The molecule has 3 fully saturated rings. The number of carbonyl (C=O) groups is 1. The van der Waals surface area contributed by atoms with E-state index in [4.69, 9.17) is 11.6 Å². The van der Waals surface area contributed by atoms with Crippen LogP contribution in [0.1, 0.15) is 12.8 Å². The SMILES string of the molecule is O=C1C2CCN(CC2)C1Cl. The summed E-state index contributed by atoms with van der Waals surface area (Å²) in [6.07, 6.45) is 2.06. The second kappa shape index (κ2) is 2.21. The summed E-state index contributed by atoms with van der Waals surface area (Å²) in [6.45, 7) is 2.04. The van der Waals surface area contributed by atoms with Gasteiger partial charge in [0.05, 0.1) is 0 Å². The highest BCUT2D eigenvalue weighted by Crippen LogP contribution is 2.30. The lowest BCUT2D eigenvalue weighted by Gasteiger charge is -2.40. The predicted octanol–water partition coefficient (Wildman–Crippen LogP) is 0.846. The Balaban J connectivity index is 2.20. The van der Waals surface area contributed by atoms with Crippen molar-refractivity contribution in [1.29, 1.82) is 0 Å². The molecule has 0 aromatic carbocycles. The molecule has 3 aliphatic rings. The Labute approximate surface area is 65.1 Å². The van der Waals surface area contributed by atoms with Gasteiger partial charge in [0.15, 0.2) is 5.78 Å². The maximum Gasteiger partial charge on any atom is 0.168 e. The van der Waals surface area contributed by atoms with Gasteiger partial charge in [-0.25, -0.2) is 0 Å². The molecule has 0 aliphatic carbocycles. The predicted molar refractivity (Wildman–Crippen MR) is 38.9 cm³/mol. The van der Waals surface area contributed by atoms with Gasteiger partial charge in [-0.2, -0.15) is 0 Å². The van der Waals surface area contributed by atoms with E-state index in [0.29, 0.717) is 0 Å². The van der Waals surface area contributed by atoms with Crippen molar-refractivity contribution >= 4 is 17.4 Å². The second-order valence-electron chi connectivity index (χ2n) is 3.05. The highest BCUT2D eigenvalue weighted by molar-refractivity contribution is 6.31. The van der Waals surface area contributed by atoms with Crippen LogP contribution >= 0.6 is 11.6 Å². The third-order valence-corrected chi connectivity index (χ3v) is 2.98. The Morgan fingerprint density at radius 1 is 1.40 bits per heavy atom. The topological polar surface area (TPSA) is 20.3 Å². The first-order valence-electron chi connectivity index (χ1n) is 3.71. The van der Waals surface area contributed by atoms with Crippen LogP contribution in [0.15, 0.2) is 0 Å². The van der Waals surface area contributed by atoms with Gasteiger partial charge in [0.1, 0.15) is 5.50 Å². The highest BCUT2D eigenvalue weighted by atomic mass is 35.5. The minimum absolute atomic E-state index is 0.249. The van der Waals surface area contributed by atoms with E-state index in [1.54, 1.807) is 0 Å². The number of halogens is 1. The van der Waals surface area contributed by atoms with E-state index in [1.165, 1.54) is 0 Å². The number of piperidine rings is 3. The zero-order chi connectivity index (χ0) is 7.14. The molecule has 3 aliphatic heterocycles. The van der Waals surface area contributed by atoms with Gasteiger partial charge in [-0.1, -0.05) is 11.6 Å². The number of ketones is 1. The summed E-state index contributed by atoms with van der Waals surface area (Å²) in [5.74, 6) is 0.534. The zero-order valence-corrected chi connectivity index (χ0v) is 6.47. The number of Topliss-reactive ketones (excluding diaryl/α,β-unsaturated/α-hetero) is 1. The molecule has 3 saturated heterocycles. The van der Waals surface area contributed by atoms with Crippen molar-refractivity contribution in [3.8, 4) is 0 Å². The Kier molecular flexibility index (Phi) is 1.46. The molecule has 0 amide bonds. The van der Waals surface area contributed by atoms with Crippen LogP contribution in [0.25, 0.3) is 0 Å². The third-order valence-electron chi connectivity index (χ3n) is 2.49. The van der Waals surface area contributed by atoms with E-state index in [9.17, 15) is 4.79 Å². The van der Waals surface area contributed by atoms with E-state index in [2.05, 4.69) is 4.90 Å². The van der Waals surface area contributed by atoms with Gasteiger partial charge < -0.3 is 0 Å². The number of hydrogen-bond donors (Lipinski definition) is 0. The quantitative estimate of drug-likeness (QED) is 0.386. The molecule has 2 nitrogen and oxygen atoms in total. The third kappa shape index (κ3) is 0.789. The molecule has 0 N–H and O–H groups in total. The highest BCUT2D eigenvalue weighted by Gasteiger charge is 2.39. The van der Waals surface area contributed by atoms with Crippen molar-refractivity contribution in [1.82, 2.24) is 4.90 Å². The number of fused-ring (bicyclic) bond motifs is 3. The van der Waals surface area contributed by atoms with E-state index < -0.39 is 0 Å². The molecule has 2 bridgehead atoms. The molecule has 1 unspecified atom stereocenters. The monoisotopic (exact) mass is 159 g/mol. The summed E-state index contributed by atoms with van der Waals surface area (Å²) < 4.78 is 0. The second-order valence-corrected chi connectivity index (χ2v) is 3.46. The molecule has 3 rings (SSSR count). The van der Waals surface area contributed by atoms with Crippen LogP contribution in [0.2, 0.25) is 0 Å². The van der Waals surface area contributed by atoms with Crippen molar-refractivity contribution in [2.24, 2.45) is 5.92 Å². The Hall–Kier alpha value is -0.0800. The fraction of sp³-hybridized carbons (Fsp3) is 0.857. The molecule has 3 heterocycles. The van der Waals surface area contributed by atoms with E-state index in [1.807, 2.05) is 0 Å². The molecule has 56 valence electrons. The van der Waals surface area contributed by atoms with Gasteiger partial charge >= 0.3 is 0 Å². The van der Waals surface area contributed by atoms with Gasteiger partial charge in [-0.05, 0) is 12.8 Å². The molecular weight excluding hydrogens is 150 g/mol. The van der Waals surface area contributed by atoms with Gasteiger partial charge in [0.2, 0.25) is 0 Å². The van der Waals surface area contributed by atoms with Crippen LogP contribution < -0.4 is 0 Å². The summed E-state index contributed by atoms with van der Waals surface area (Å²) in [5, 5.41) is 0. The summed E-state index contributed by atoms with van der Waals surface area (Å²) in [4.78, 5) is 13.3. The van der Waals surface area contributed by atoms with Crippen molar-refractivity contribution in [3.63, 3.8) is 0 Å². The van der Waals surface area contributed by atoms with E-state index in [0.717, 1.165) is 25.9 Å². The fourth-order valence-electron chi connectivity index (χ4n) is 1.79. The molecule has 3 heteroatoms. The first-order valence-corrected chi connectivity index (χ1v) is 4.14. The fourth-order valence-corrected chi connectivity index (χ4v) is 2.16. The molecular formula is C7H10ClNO. The molecule has 0 aromatic heterocycles. The van der Waals surface area contributed by atoms with Crippen LogP contribution in [-0.4, -0.2) is 29.3 Å². The molecule has 1 atom stereocenters. The van der Waals surface area contributed by atoms with E-state index >= 15 is 0 Å². The summed E-state index contributed by atoms with van der Waals surface area (Å²) >= 11 is 5.84. The first-order chi connectivity index (χ1) is 4.79. The lowest BCUT2D eigenvalue weighted by Crippen LogP contribution is -2.52. The van der Waals surface area contributed by atoms with Gasteiger partial charge in [0.25, 0.3) is 0 Å². The number of carbonyl (C=O) groups excluding carboxylic acids is 1. The Morgan fingerprint density at radius 2 is 2.00 bits per heavy atom. The summed E-state index contributed by atoms with van der Waals surface area (Å²) in [5.41, 5.74) is -0.299. The zero-order valence-electron chi connectivity index (χ0n) is 5.72. The normalized spacial score (nSPS) is 46.1. The molecule has 0 aromatic rings. The smallest absolute Gasteiger partial charge is 0.168 e. The van der Waals surface area contributed by atoms with Crippen molar-refractivity contribution in [2.45, 2.75) is 18.3 Å². The first kappa shape index (κ1) is 6.62. The van der Waals surface area contributed by atoms with Crippen LogP contribution in [-0.2, 0) is 4.79 Å². The standard InChI is InChI=1S/C7H10ClNO/c8-7-6(10)5-1-3-9(7)4-2-5/h5,7H,1-4H2. The van der Waals surface area contributed by atoms with Crippen molar-refractivity contribution < 1.29 is 4.79 Å². The van der Waals surface area contributed by atoms with Crippen LogP contribution in [0, 0.1) is 5.92 Å². The average molecular weight is 160 g/mol.